The van der Waals surface area contributed by atoms with Gasteiger partial charge in [0.2, 0.25) is 10.0 Å². The van der Waals surface area contributed by atoms with Crippen molar-refractivity contribution in [2.75, 3.05) is 19.6 Å². The Morgan fingerprint density at radius 2 is 1.89 bits per heavy atom. The van der Waals surface area contributed by atoms with Gasteiger partial charge in [0.25, 0.3) is 0 Å². The number of sulfonamides is 1. The first-order valence-corrected chi connectivity index (χ1v) is 7.42. The highest BCUT2D eigenvalue weighted by molar-refractivity contribution is 7.89. The van der Waals surface area contributed by atoms with Crippen molar-refractivity contribution in [3.8, 4) is 0 Å². The number of halogens is 1. The molecule has 7 heteroatoms. The molecule has 1 aromatic carbocycles. The van der Waals surface area contributed by atoms with Crippen molar-refractivity contribution in [3.63, 3.8) is 0 Å². The Morgan fingerprint density at radius 3 is 2.44 bits per heavy atom. The van der Waals surface area contributed by atoms with Crippen LogP contribution in [0, 0.1) is 0 Å². The SMILES string of the molecule is CC(O)CNCCNS(=O)(=O)c1ccc(Cl)cc1. The second-order valence-corrected chi connectivity index (χ2v) is 6.11. The molecular formula is C11H17ClN2O3S. The van der Waals surface area contributed by atoms with Crippen molar-refractivity contribution in [2.24, 2.45) is 0 Å². The van der Waals surface area contributed by atoms with Crippen LogP contribution in [0.15, 0.2) is 29.2 Å². The Labute approximate surface area is 112 Å². The molecule has 0 bridgehead atoms. The molecule has 1 unspecified atom stereocenters. The number of hydrogen-bond donors (Lipinski definition) is 3. The Hall–Kier alpha value is -0.660. The third kappa shape index (κ3) is 5.32. The molecule has 0 fully saturated rings. The Bertz CT molecular complexity index is 460. The summed E-state index contributed by atoms with van der Waals surface area (Å²) in [4.78, 5) is 0.183. The molecular weight excluding hydrogens is 276 g/mol. The van der Waals surface area contributed by atoms with Gasteiger partial charge in [0, 0.05) is 24.7 Å². The highest BCUT2D eigenvalue weighted by Gasteiger charge is 2.12. The van der Waals surface area contributed by atoms with Crippen molar-refractivity contribution in [1.29, 1.82) is 0 Å². The fourth-order valence-corrected chi connectivity index (χ4v) is 2.44. The highest BCUT2D eigenvalue weighted by atomic mass is 35.5. The van der Waals surface area contributed by atoms with Crippen LogP contribution in [0.5, 0.6) is 0 Å². The van der Waals surface area contributed by atoms with Crippen LogP contribution in [0.1, 0.15) is 6.92 Å². The zero-order valence-corrected chi connectivity index (χ0v) is 11.6. The number of aliphatic hydroxyl groups is 1. The van der Waals surface area contributed by atoms with Gasteiger partial charge in [-0.3, -0.25) is 0 Å². The van der Waals surface area contributed by atoms with Crippen LogP contribution in [-0.2, 0) is 10.0 Å². The smallest absolute Gasteiger partial charge is 0.240 e. The van der Waals surface area contributed by atoms with Crippen molar-refractivity contribution < 1.29 is 13.5 Å². The molecule has 1 atom stereocenters. The maximum atomic E-state index is 11.8. The molecule has 0 saturated carbocycles. The van der Waals surface area contributed by atoms with Crippen molar-refractivity contribution in [1.82, 2.24) is 10.0 Å². The Morgan fingerprint density at radius 1 is 1.28 bits per heavy atom. The minimum absolute atomic E-state index is 0.183. The molecule has 18 heavy (non-hydrogen) atoms. The zero-order chi connectivity index (χ0) is 13.6. The summed E-state index contributed by atoms with van der Waals surface area (Å²) in [6.07, 6.45) is -0.446. The summed E-state index contributed by atoms with van der Waals surface area (Å²) >= 11 is 5.69. The predicted molar refractivity (Wildman–Crippen MR) is 71.2 cm³/mol. The van der Waals surface area contributed by atoms with Crippen LogP contribution >= 0.6 is 11.6 Å². The summed E-state index contributed by atoms with van der Waals surface area (Å²) in [6.45, 7) is 2.81. The Kier molecular flexibility index (Phi) is 6.04. The quantitative estimate of drug-likeness (QED) is 0.643. The highest BCUT2D eigenvalue weighted by Crippen LogP contribution is 2.13. The average molecular weight is 293 g/mol. The van der Waals surface area contributed by atoms with Gasteiger partial charge in [0.15, 0.2) is 0 Å². The number of benzene rings is 1. The van der Waals surface area contributed by atoms with Gasteiger partial charge in [0.05, 0.1) is 11.0 Å². The molecule has 0 radical (unpaired) electrons. The lowest BCUT2D eigenvalue weighted by Crippen LogP contribution is -2.34. The van der Waals surface area contributed by atoms with Crippen molar-refractivity contribution in [2.45, 2.75) is 17.9 Å². The van der Waals surface area contributed by atoms with E-state index in [0.717, 1.165) is 0 Å². The van der Waals surface area contributed by atoms with Gasteiger partial charge in [-0.25, -0.2) is 13.1 Å². The molecule has 1 aromatic rings. The summed E-state index contributed by atoms with van der Waals surface area (Å²) in [5.74, 6) is 0. The van der Waals surface area contributed by atoms with Crippen LogP contribution in [0.3, 0.4) is 0 Å². The van der Waals surface area contributed by atoms with E-state index in [0.29, 0.717) is 18.1 Å². The van der Waals surface area contributed by atoms with E-state index in [9.17, 15) is 8.42 Å². The van der Waals surface area contributed by atoms with Gasteiger partial charge in [-0.1, -0.05) is 11.6 Å². The monoisotopic (exact) mass is 292 g/mol. The van der Waals surface area contributed by atoms with E-state index in [1.165, 1.54) is 24.3 Å². The molecule has 0 aliphatic rings. The lowest BCUT2D eigenvalue weighted by Gasteiger charge is -2.09. The third-order valence-corrected chi connectivity index (χ3v) is 3.89. The standard InChI is InChI=1S/C11H17ClN2O3S/c1-9(15)8-13-6-7-14-18(16,17)11-4-2-10(12)3-5-11/h2-5,9,13-15H,6-8H2,1H3. The summed E-state index contributed by atoms with van der Waals surface area (Å²) in [5, 5.41) is 12.4. The van der Waals surface area contributed by atoms with Gasteiger partial charge in [0.1, 0.15) is 0 Å². The minimum atomic E-state index is -3.49. The van der Waals surface area contributed by atoms with Gasteiger partial charge in [-0.15, -0.1) is 0 Å². The Balaban J connectivity index is 2.43. The number of aliphatic hydroxyl groups excluding tert-OH is 1. The summed E-state index contributed by atoms with van der Waals surface area (Å²) in [5.41, 5.74) is 0. The van der Waals surface area contributed by atoms with Crippen LogP contribution < -0.4 is 10.0 Å². The number of rotatable bonds is 7. The fraction of sp³-hybridized carbons (Fsp3) is 0.455. The van der Waals surface area contributed by atoms with Crippen molar-refractivity contribution >= 4 is 21.6 Å². The zero-order valence-electron chi connectivity index (χ0n) is 10.1. The first-order chi connectivity index (χ1) is 8.42. The molecule has 1 rings (SSSR count). The third-order valence-electron chi connectivity index (χ3n) is 2.16. The summed E-state index contributed by atoms with van der Waals surface area (Å²) in [7, 11) is -3.49. The summed E-state index contributed by atoms with van der Waals surface area (Å²) < 4.78 is 26.1. The first kappa shape index (κ1) is 15.4. The van der Waals surface area contributed by atoms with Crippen LogP contribution in [0.2, 0.25) is 5.02 Å². The molecule has 0 aliphatic heterocycles. The van der Waals surface area contributed by atoms with E-state index in [2.05, 4.69) is 10.0 Å². The topological polar surface area (TPSA) is 78.4 Å². The van der Waals surface area contributed by atoms with Crippen LogP contribution in [-0.4, -0.2) is 39.3 Å². The lowest BCUT2D eigenvalue weighted by molar-refractivity contribution is 0.192. The maximum absolute atomic E-state index is 11.8. The molecule has 0 saturated heterocycles. The molecule has 3 N–H and O–H groups in total. The van der Waals surface area contributed by atoms with Gasteiger partial charge in [-0.05, 0) is 31.2 Å². The van der Waals surface area contributed by atoms with E-state index in [1.54, 1.807) is 6.92 Å². The van der Waals surface area contributed by atoms with E-state index >= 15 is 0 Å². The van der Waals surface area contributed by atoms with Gasteiger partial charge >= 0.3 is 0 Å². The number of hydrogen-bond acceptors (Lipinski definition) is 4. The van der Waals surface area contributed by atoms with Crippen LogP contribution in [0.25, 0.3) is 0 Å². The second-order valence-electron chi connectivity index (χ2n) is 3.90. The maximum Gasteiger partial charge on any atom is 0.240 e. The van der Waals surface area contributed by atoms with Gasteiger partial charge < -0.3 is 10.4 Å². The normalized spacial score (nSPS) is 13.5. The number of nitrogens with one attached hydrogen (secondary N) is 2. The molecule has 5 nitrogen and oxygen atoms in total. The molecule has 102 valence electrons. The van der Waals surface area contributed by atoms with Crippen LogP contribution in [0.4, 0.5) is 0 Å². The molecule has 0 aliphatic carbocycles. The predicted octanol–water partition coefficient (Wildman–Crippen LogP) is 0.589. The van der Waals surface area contributed by atoms with Crippen molar-refractivity contribution in [3.05, 3.63) is 29.3 Å². The van der Waals surface area contributed by atoms with Gasteiger partial charge in [-0.2, -0.15) is 0 Å². The minimum Gasteiger partial charge on any atom is -0.392 e. The molecule has 0 heterocycles. The second kappa shape index (κ2) is 7.06. The molecule has 0 spiro atoms. The molecule has 0 aromatic heterocycles. The molecule has 0 amide bonds. The van der Waals surface area contributed by atoms with E-state index in [-0.39, 0.29) is 11.4 Å². The van der Waals surface area contributed by atoms with E-state index in [1.807, 2.05) is 0 Å². The van der Waals surface area contributed by atoms with E-state index < -0.39 is 16.1 Å². The van der Waals surface area contributed by atoms with E-state index in [4.69, 9.17) is 16.7 Å². The average Bonchev–Trinajstić information content (AvgIpc) is 2.28. The fourth-order valence-electron chi connectivity index (χ4n) is 1.28. The largest absolute Gasteiger partial charge is 0.392 e. The lowest BCUT2D eigenvalue weighted by atomic mass is 10.4. The summed E-state index contributed by atoms with van der Waals surface area (Å²) in [6, 6.07) is 5.96. The first-order valence-electron chi connectivity index (χ1n) is 5.56.